The Morgan fingerprint density at radius 3 is 2.70 bits per heavy atom. The minimum atomic E-state index is -0.891. The summed E-state index contributed by atoms with van der Waals surface area (Å²) in [6.07, 6.45) is 0.894. The van der Waals surface area contributed by atoms with Crippen LogP contribution in [0.25, 0.3) is 0 Å². The van der Waals surface area contributed by atoms with E-state index in [-0.39, 0.29) is 12.0 Å². The van der Waals surface area contributed by atoms with Gasteiger partial charge in [-0.2, -0.15) is 0 Å². The van der Waals surface area contributed by atoms with Gasteiger partial charge in [-0.15, -0.1) is 0 Å². The molecule has 6 heteroatoms. The molecular formula is C14H24N2O4. The molecule has 0 radical (unpaired) electrons. The minimum Gasteiger partial charge on any atom is -0.464 e. The zero-order valence-electron chi connectivity index (χ0n) is 12.7. The molecule has 2 aliphatic rings. The van der Waals surface area contributed by atoms with Gasteiger partial charge in [0.05, 0.1) is 6.61 Å². The highest BCUT2D eigenvalue weighted by Gasteiger charge is 2.60. The normalized spacial score (nSPS) is 29.2. The first-order valence-corrected chi connectivity index (χ1v) is 7.22. The van der Waals surface area contributed by atoms with E-state index < -0.39 is 17.2 Å². The van der Waals surface area contributed by atoms with Gasteiger partial charge in [-0.25, -0.2) is 9.59 Å². The third-order valence-corrected chi connectivity index (χ3v) is 3.84. The quantitative estimate of drug-likeness (QED) is 0.774. The van der Waals surface area contributed by atoms with E-state index in [4.69, 9.17) is 9.47 Å². The van der Waals surface area contributed by atoms with Gasteiger partial charge in [-0.3, -0.25) is 4.90 Å². The van der Waals surface area contributed by atoms with Crippen molar-refractivity contribution in [3.8, 4) is 0 Å². The number of ether oxygens (including phenoxy) is 2. The first kappa shape index (κ1) is 15.1. The lowest BCUT2D eigenvalue weighted by molar-refractivity contribution is -0.155. The zero-order chi connectivity index (χ0) is 15.0. The fourth-order valence-electron chi connectivity index (χ4n) is 3.08. The predicted molar refractivity (Wildman–Crippen MR) is 73.3 cm³/mol. The van der Waals surface area contributed by atoms with Crippen LogP contribution in [0.4, 0.5) is 4.79 Å². The first-order chi connectivity index (χ1) is 9.31. The Bertz CT molecular complexity index is 404. The number of likely N-dealkylation sites (tertiary alicyclic amines) is 1. The van der Waals surface area contributed by atoms with Crippen LogP contribution in [0, 0.1) is 0 Å². The van der Waals surface area contributed by atoms with Crippen molar-refractivity contribution in [2.24, 2.45) is 0 Å². The summed E-state index contributed by atoms with van der Waals surface area (Å²) < 4.78 is 10.6. The molecule has 0 spiro atoms. The Morgan fingerprint density at radius 2 is 2.10 bits per heavy atom. The van der Waals surface area contributed by atoms with Gasteiger partial charge >= 0.3 is 12.1 Å². The van der Waals surface area contributed by atoms with E-state index in [1.807, 2.05) is 20.8 Å². The van der Waals surface area contributed by atoms with Gasteiger partial charge in [0.1, 0.15) is 5.60 Å². The number of carbonyl (C=O) groups is 2. The van der Waals surface area contributed by atoms with E-state index in [1.54, 1.807) is 11.8 Å². The molecule has 0 aromatic heterocycles. The number of rotatable bonds is 2. The molecule has 0 bridgehead atoms. The van der Waals surface area contributed by atoms with Crippen LogP contribution in [0.2, 0.25) is 0 Å². The standard InChI is InChI=1S/C14H24N2O4/c1-5-19-11(17)14-7-8-15-10(14)6-9-16(14)12(18)20-13(2,3)4/h10,15H,5-9H2,1-4H3/t10-,14+/m1/s1. The molecule has 0 unspecified atom stereocenters. The van der Waals surface area contributed by atoms with E-state index in [9.17, 15) is 9.59 Å². The fraction of sp³-hybridized carbons (Fsp3) is 0.857. The van der Waals surface area contributed by atoms with Crippen LogP contribution in [-0.4, -0.2) is 53.8 Å². The van der Waals surface area contributed by atoms with Crippen LogP contribution in [0.3, 0.4) is 0 Å². The SMILES string of the molecule is CCOC(=O)[C@]12CCN[C@@H]1CCN2C(=O)OC(C)(C)C. The third-order valence-electron chi connectivity index (χ3n) is 3.84. The second kappa shape index (κ2) is 5.24. The average molecular weight is 284 g/mol. The van der Waals surface area contributed by atoms with Crippen LogP contribution >= 0.6 is 0 Å². The lowest BCUT2D eigenvalue weighted by Crippen LogP contribution is -2.58. The molecule has 2 saturated heterocycles. The molecule has 2 aliphatic heterocycles. The van der Waals surface area contributed by atoms with Crippen molar-refractivity contribution < 1.29 is 19.1 Å². The van der Waals surface area contributed by atoms with Crippen molar-refractivity contribution in [2.75, 3.05) is 19.7 Å². The second-order valence-electron chi connectivity index (χ2n) is 6.32. The van der Waals surface area contributed by atoms with Crippen molar-refractivity contribution in [3.63, 3.8) is 0 Å². The van der Waals surface area contributed by atoms with E-state index >= 15 is 0 Å². The Balaban J connectivity index is 2.23. The summed E-state index contributed by atoms with van der Waals surface area (Å²) in [7, 11) is 0. The minimum absolute atomic E-state index is 0.0333. The smallest absolute Gasteiger partial charge is 0.411 e. The lowest BCUT2D eigenvalue weighted by Gasteiger charge is -2.36. The number of hydrogen-bond donors (Lipinski definition) is 1. The molecule has 114 valence electrons. The van der Waals surface area contributed by atoms with Gasteiger partial charge in [-0.05, 0) is 47.1 Å². The van der Waals surface area contributed by atoms with Crippen LogP contribution in [0.5, 0.6) is 0 Å². The summed E-state index contributed by atoms with van der Waals surface area (Å²) in [5.41, 5.74) is -1.46. The van der Waals surface area contributed by atoms with Crippen molar-refractivity contribution in [1.29, 1.82) is 0 Å². The number of amides is 1. The molecule has 6 nitrogen and oxygen atoms in total. The molecule has 0 aromatic rings. The zero-order valence-corrected chi connectivity index (χ0v) is 12.7. The second-order valence-corrected chi connectivity index (χ2v) is 6.32. The topological polar surface area (TPSA) is 67.9 Å². The number of nitrogens with zero attached hydrogens (tertiary/aromatic N) is 1. The molecule has 2 heterocycles. The number of fused-ring (bicyclic) bond motifs is 1. The van der Waals surface area contributed by atoms with E-state index in [0.29, 0.717) is 26.1 Å². The summed E-state index contributed by atoms with van der Waals surface area (Å²) in [4.78, 5) is 26.4. The summed E-state index contributed by atoms with van der Waals surface area (Å²) in [5.74, 6) is -0.321. The lowest BCUT2D eigenvalue weighted by atomic mass is 9.91. The summed E-state index contributed by atoms with van der Waals surface area (Å²) in [6.45, 7) is 8.79. The monoisotopic (exact) mass is 284 g/mol. The number of carbonyl (C=O) groups excluding carboxylic acids is 2. The highest BCUT2D eigenvalue weighted by Crippen LogP contribution is 2.38. The van der Waals surface area contributed by atoms with Gasteiger partial charge in [-0.1, -0.05) is 0 Å². The number of esters is 1. The van der Waals surface area contributed by atoms with Crippen LogP contribution in [0.1, 0.15) is 40.5 Å². The predicted octanol–water partition coefficient (Wildman–Crippen LogP) is 1.29. The molecule has 0 saturated carbocycles. The maximum Gasteiger partial charge on any atom is 0.411 e. The first-order valence-electron chi connectivity index (χ1n) is 7.22. The van der Waals surface area contributed by atoms with Crippen molar-refractivity contribution in [3.05, 3.63) is 0 Å². The highest BCUT2D eigenvalue weighted by atomic mass is 16.6. The molecule has 20 heavy (non-hydrogen) atoms. The maximum absolute atomic E-state index is 12.4. The Labute approximate surface area is 119 Å². The molecular weight excluding hydrogens is 260 g/mol. The number of nitrogens with one attached hydrogen (secondary N) is 1. The van der Waals surface area contributed by atoms with Crippen molar-refractivity contribution in [2.45, 2.75) is 57.7 Å². The summed E-state index contributed by atoms with van der Waals surface area (Å²) in [5, 5.41) is 3.30. The van der Waals surface area contributed by atoms with Gasteiger partial charge in [0, 0.05) is 12.6 Å². The van der Waals surface area contributed by atoms with Gasteiger partial charge < -0.3 is 14.8 Å². The van der Waals surface area contributed by atoms with Gasteiger partial charge in [0.2, 0.25) is 0 Å². The molecule has 2 atom stereocenters. The van der Waals surface area contributed by atoms with Crippen molar-refractivity contribution in [1.82, 2.24) is 10.2 Å². The molecule has 2 rings (SSSR count). The summed E-state index contributed by atoms with van der Waals surface area (Å²) >= 11 is 0. The largest absolute Gasteiger partial charge is 0.464 e. The van der Waals surface area contributed by atoms with E-state index in [2.05, 4.69) is 5.32 Å². The van der Waals surface area contributed by atoms with E-state index in [0.717, 1.165) is 6.42 Å². The highest BCUT2D eigenvalue weighted by molar-refractivity contribution is 5.88. The van der Waals surface area contributed by atoms with Gasteiger partial charge in [0.15, 0.2) is 5.54 Å². The Morgan fingerprint density at radius 1 is 1.40 bits per heavy atom. The van der Waals surface area contributed by atoms with Gasteiger partial charge in [0.25, 0.3) is 0 Å². The maximum atomic E-state index is 12.4. The fourth-order valence-corrected chi connectivity index (χ4v) is 3.08. The van der Waals surface area contributed by atoms with Crippen LogP contribution in [0.15, 0.2) is 0 Å². The molecule has 1 N–H and O–H groups in total. The summed E-state index contributed by atoms with van der Waals surface area (Å²) in [6, 6.07) is -0.0333. The van der Waals surface area contributed by atoms with Crippen LogP contribution < -0.4 is 5.32 Å². The molecule has 2 fully saturated rings. The number of hydrogen-bond acceptors (Lipinski definition) is 5. The molecule has 0 aromatic carbocycles. The van der Waals surface area contributed by atoms with E-state index in [1.165, 1.54) is 0 Å². The van der Waals surface area contributed by atoms with Crippen molar-refractivity contribution >= 4 is 12.1 Å². The Hall–Kier alpha value is -1.30. The Kier molecular flexibility index (Phi) is 3.95. The molecule has 0 aliphatic carbocycles. The molecule has 1 amide bonds. The third kappa shape index (κ3) is 2.49. The average Bonchev–Trinajstić information content (AvgIpc) is 2.84. The van der Waals surface area contributed by atoms with Crippen LogP contribution in [-0.2, 0) is 14.3 Å².